The van der Waals surface area contributed by atoms with E-state index < -0.39 is 0 Å². The fourth-order valence-corrected chi connectivity index (χ4v) is 3.39. The van der Waals surface area contributed by atoms with E-state index in [2.05, 4.69) is 53.5 Å². The van der Waals surface area contributed by atoms with Gasteiger partial charge in [0.2, 0.25) is 0 Å². The van der Waals surface area contributed by atoms with Gasteiger partial charge in [-0.05, 0) is 64.6 Å². The van der Waals surface area contributed by atoms with Crippen LogP contribution in [0.4, 0.5) is 0 Å². The van der Waals surface area contributed by atoms with Crippen molar-refractivity contribution in [2.45, 2.75) is 19.4 Å². The van der Waals surface area contributed by atoms with E-state index >= 15 is 0 Å². The van der Waals surface area contributed by atoms with Crippen LogP contribution in [0.5, 0.6) is 0 Å². The molecule has 0 aliphatic carbocycles. The number of rotatable bonds is 8. The predicted octanol–water partition coefficient (Wildman–Crippen LogP) is 3.31. The van der Waals surface area contributed by atoms with E-state index in [0.717, 1.165) is 42.6 Å². The maximum absolute atomic E-state index is 5.96. The molecule has 0 radical (unpaired) electrons. The topological polar surface area (TPSA) is 31.6 Å². The van der Waals surface area contributed by atoms with Gasteiger partial charge in [-0.1, -0.05) is 30.3 Å². The summed E-state index contributed by atoms with van der Waals surface area (Å²) in [6, 6.07) is 14.4. The van der Waals surface area contributed by atoms with E-state index in [4.69, 9.17) is 4.42 Å². The van der Waals surface area contributed by atoms with Crippen molar-refractivity contribution in [1.82, 2.24) is 15.1 Å². The van der Waals surface area contributed by atoms with Gasteiger partial charge in [-0.25, -0.2) is 0 Å². The average molecular weight is 341 g/mol. The van der Waals surface area contributed by atoms with Gasteiger partial charge in [0.1, 0.15) is 11.5 Å². The summed E-state index contributed by atoms with van der Waals surface area (Å²) >= 11 is 0. The zero-order chi connectivity index (χ0) is 17.5. The Morgan fingerprint density at radius 3 is 2.56 bits per heavy atom. The number of likely N-dealkylation sites (tertiary alicyclic amines) is 1. The number of nitrogens with zero attached hydrogens (tertiary/aromatic N) is 2. The molecule has 1 aromatic carbocycles. The number of hydrogen-bond acceptors (Lipinski definition) is 4. The predicted molar refractivity (Wildman–Crippen MR) is 104 cm³/mol. The van der Waals surface area contributed by atoms with Crippen molar-refractivity contribution in [3.8, 4) is 11.3 Å². The van der Waals surface area contributed by atoms with Gasteiger partial charge in [-0.2, -0.15) is 0 Å². The second-order valence-corrected chi connectivity index (χ2v) is 7.35. The highest BCUT2D eigenvalue weighted by molar-refractivity contribution is 5.57. The molecule has 3 rings (SSSR count). The summed E-state index contributed by atoms with van der Waals surface area (Å²) < 4.78 is 5.96. The molecule has 1 fully saturated rings. The van der Waals surface area contributed by atoms with Gasteiger partial charge in [-0.15, -0.1) is 0 Å². The van der Waals surface area contributed by atoms with E-state index in [-0.39, 0.29) is 0 Å². The van der Waals surface area contributed by atoms with Gasteiger partial charge >= 0.3 is 0 Å². The molecule has 4 heteroatoms. The highest BCUT2D eigenvalue weighted by Gasteiger charge is 2.18. The Kier molecular flexibility index (Phi) is 6.68. The molecular weight excluding hydrogens is 310 g/mol. The minimum Gasteiger partial charge on any atom is -0.460 e. The maximum Gasteiger partial charge on any atom is 0.134 e. The highest BCUT2D eigenvalue weighted by atomic mass is 16.3. The van der Waals surface area contributed by atoms with Crippen LogP contribution in [0.1, 0.15) is 18.6 Å². The third-order valence-electron chi connectivity index (χ3n) is 5.02. The van der Waals surface area contributed by atoms with Gasteiger partial charge in [0.05, 0.1) is 6.54 Å². The van der Waals surface area contributed by atoms with E-state index in [1.165, 1.54) is 32.5 Å². The summed E-state index contributed by atoms with van der Waals surface area (Å²) in [4.78, 5) is 4.86. The minimum atomic E-state index is 0.791. The molecule has 1 aromatic heterocycles. The number of hydrogen-bond donors (Lipinski definition) is 1. The third kappa shape index (κ3) is 5.70. The van der Waals surface area contributed by atoms with Crippen LogP contribution in [-0.2, 0) is 6.54 Å². The van der Waals surface area contributed by atoms with Crippen LogP contribution < -0.4 is 5.32 Å². The van der Waals surface area contributed by atoms with Crippen molar-refractivity contribution in [1.29, 1.82) is 0 Å². The molecule has 136 valence electrons. The molecule has 0 amide bonds. The second-order valence-electron chi connectivity index (χ2n) is 7.35. The molecule has 2 heterocycles. The normalized spacial score (nSPS) is 16.6. The van der Waals surface area contributed by atoms with Gasteiger partial charge in [-0.3, -0.25) is 0 Å². The Hall–Kier alpha value is -1.62. The van der Waals surface area contributed by atoms with E-state index in [1.807, 2.05) is 18.2 Å². The third-order valence-corrected chi connectivity index (χ3v) is 5.02. The van der Waals surface area contributed by atoms with E-state index in [9.17, 15) is 0 Å². The van der Waals surface area contributed by atoms with Crippen molar-refractivity contribution in [2.24, 2.45) is 5.92 Å². The summed E-state index contributed by atoms with van der Waals surface area (Å²) in [5, 5.41) is 3.58. The fourth-order valence-electron chi connectivity index (χ4n) is 3.39. The number of furan rings is 1. The lowest BCUT2D eigenvalue weighted by atomic mass is 9.97. The Balaban J connectivity index is 1.36. The first-order valence-corrected chi connectivity index (χ1v) is 9.42. The number of nitrogens with one attached hydrogen (secondary N) is 1. The summed E-state index contributed by atoms with van der Waals surface area (Å²) in [5.41, 5.74) is 1.14. The summed E-state index contributed by atoms with van der Waals surface area (Å²) in [7, 11) is 4.29. The quantitative estimate of drug-likeness (QED) is 0.798. The molecule has 0 bridgehead atoms. The Bertz CT molecular complexity index is 615. The SMILES string of the molecule is CN(C)CCN1CCC(CNCc2ccc(-c3ccccc3)o2)CC1. The fraction of sp³-hybridized carbons (Fsp3) is 0.524. The molecule has 1 aliphatic heterocycles. The van der Waals surface area contributed by atoms with Crippen molar-refractivity contribution in [3.05, 3.63) is 48.2 Å². The van der Waals surface area contributed by atoms with Gasteiger partial charge < -0.3 is 19.5 Å². The van der Waals surface area contributed by atoms with Crippen molar-refractivity contribution >= 4 is 0 Å². The van der Waals surface area contributed by atoms with Crippen LogP contribution in [-0.4, -0.2) is 56.6 Å². The molecule has 25 heavy (non-hydrogen) atoms. The summed E-state index contributed by atoms with van der Waals surface area (Å²) in [6.07, 6.45) is 2.60. The van der Waals surface area contributed by atoms with E-state index in [1.54, 1.807) is 0 Å². The molecule has 0 saturated carbocycles. The first kappa shape index (κ1) is 18.2. The van der Waals surface area contributed by atoms with Crippen molar-refractivity contribution in [2.75, 3.05) is 46.8 Å². The Morgan fingerprint density at radius 1 is 1.08 bits per heavy atom. The standard InChI is InChI=1S/C21H31N3O/c1-23(2)14-15-24-12-10-18(11-13-24)16-22-17-20-8-9-21(25-20)19-6-4-3-5-7-19/h3-9,18,22H,10-17H2,1-2H3. The monoisotopic (exact) mass is 341 g/mol. The minimum absolute atomic E-state index is 0.791. The van der Waals surface area contributed by atoms with Crippen LogP contribution in [0.3, 0.4) is 0 Å². The number of benzene rings is 1. The van der Waals surface area contributed by atoms with Crippen LogP contribution in [0, 0.1) is 5.92 Å². The van der Waals surface area contributed by atoms with Gasteiger partial charge in [0, 0.05) is 18.7 Å². The lowest BCUT2D eigenvalue weighted by Gasteiger charge is -2.32. The van der Waals surface area contributed by atoms with Crippen LogP contribution in [0.15, 0.2) is 46.9 Å². The van der Waals surface area contributed by atoms with Gasteiger partial charge in [0.25, 0.3) is 0 Å². The second kappa shape index (κ2) is 9.18. The molecule has 1 aliphatic rings. The summed E-state index contributed by atoms with van der Waals surface area (Å²) in [5.74, 6) is 2.76. The van der Waals surface area contributed by atoms with Crippen molar-refractivity contribution < 1.29 is 4.42 Å². The largest absolute Gasteiger partial charge is 0.460 e. The van der Waals surface area contributed by atoms with Crippen molar-refractivity contribution in [3.63, 3.8) is 0 Å². The molecule has 1 saturated heterocycles. The first-order valence-electron chi connectivity index (χ1n) is 9.42. The first-order chi connectivity index (χ1) is 12.2. The molecule has 1 N–H and O–H groups in total. The lowest BCUT2D eigenvalue weighted by molar-refractivity contribution is 0.168. The molecule has 2 aromatic rings. The maximum atomic E-state index is 5.96. The van der Waals surface area contributed by atoms with Crippen LogP contribution in [0.25, 0.3) is 11.3 Å². The molecule has 0 unspecified atom stereocenters. The molecular formula is C21H31N3O. The Labute approximate surface area is 151 Å². The smallest absolute Gasteiger partial charge is 0.134 e. The van der Waals surface area contributed by atoms with E-state index in [0.29, 0.717) is 0 Å². The Morgan fingerprint density at radius 2 is 1.84 bits per heavy atom. The molecule has 4 nitrogen and oxygen atoms in total. The lowest BCUT2D eigenvalue weighted by Crippen LogP contribution is -2.40. The van der Waals surface area contributed by atoms with Gasteiger partial charge in [0.15, 0.2) is 0 Å². The highest BCUT2D eigenvalue weighted by Crippen LogP contribution is 2.22. The zero-order valence-electron chi connectivity index (χ0n) is 15.6. The molecule has 0 spiro atoms. The van der Waals surface area contributed by atoms with Crippen LogP contribution >= 0.6 is 0 Å². The number of piperidine rings is 1. The average Bonchev–Trinajstić information content (AvgIpc) is 3.11. The molecule has 0 atom stereocenters. The van der Waals surface area contributed by atoms with Crippen LogP contribution in [0.2, 0.25) is 0 Å². The summed E-state index contributed by atoms with van der Waals surface area (Å²) in [6.45, 7) is 6.72. The zero-order valence-corrected chi connectivity index (χ0v) is 15.6. The number of likely N-dealkylation sites (N-methyl/N-ethyl adjacent to an activating group) is 1.